The third-order valence-corrected chi connectivity index (χ3v) is 2.89. The molecule has 78 valence electrons. The van der Waals surface area contributed by atoms with Crippen molar-refractivity contribution < 1.29 is 9.00 Å². The Hall–Kier alpha value is -0.950. The lowest BCUT2D eigenvalue weighted by molar-refractivity contribution is 0.101. The van der Waals surface area contributed by atoms with Gasteiger partial charge in [0.2, 0.25) is 0 Å². The molecule has 0 aliphatic rings. The smallest absolute Gasteiger partial charge is 0.297 e. The van der Waals surface area contributed by atoms with Crippen molar-refractivity contribution in [1.82, 2.24) is 4.98 Å². The summed E-state index contributed by atoms with van der Waals surface area (Å²) >= 11 is 1.06. The molecule has 0 saturated heterocycles. The lowest BCUT2D eigenvalue weighted by atomic mass is 10.4. The summed E-state index contributed by atoms with van der Waals surface area (Å²) in [6, 6.07) is 0. The van der Waals surface area contributed by atoms with Crippen LogP contribution in [-0.4, -0.2) is 27.6 Å². The van der Waals surface area contributed by atoms with Gasteiger partial charge in [-0.1, -0.05) is 11.3 Å². The van der Waals surface area contributed by atoms with Gasteiger partial charge < -0.3 is 5.73 Å². The predicted octanol–water partition coefficient (Wildman–Crippen LogP) is 0.902. The normalized spacial score (nSPS) is 11.4. The van der Waals surface area contributed by atoms with Gasteiger partial charge in [-0.15, -0.1) is 0 Å². The summed E-state index contributed by atoms with van der Waals surface area (Å²) in [6.45, 7) is 1.67. The van der Waals surface area contributed by atoms with Gasteiger partial charge in [0.15, 0.2) is 5.13 Å². The summed E-state index contributed by atoms with van der Waals surface area (Å²) in [5.41, 5.74) is 5.96. The van der Waals surface area contributed by atoms with Gasteiger partial charge in [0.25, 0.3) is 5.91 Å². The molecule has 14 heavy (non-hydrogen) atoms. The highest BCUT2D eigenvalue weighted by Gasteiger charge is 2.14. The topological polar surface area (TPSA) is 85.4 Å². The van der Waals surface area contributed by atoms with Crippen molar-refractivity contribution in [3.05, 3.63) is 10.6 Å². The molecule has 0 aliphatic carbocycles. The van der Waals surface area contributed by atoms with E-state index in [1.54, 1.807) is 6.92 Å². The molecule has 1 rings (SSSR count). The SMILES string of the molecule is Cc1nc(N)sc1C(=O)N=S(C)(C)=O. The Morgan fingerprint density at radius 1 is 1.57 bits per heavy atom. The highest BCUT2D eigenvalue weighted by atomic mass is 32.2. The van der Waals surface area contributed by atoms with Gasteiger partial charge in [0.05, 0.1) is 5.69 Å². The van der Waals surface area contributed by atoms with E-state index in [2.05, 4.69) is 9.35 Å². The number of nitrogens with two attached hydrogens (primary N) is 1. The van der Waals surface area contributed by atoms with Gasteiger partial charge in [-0.2, -0.15) is 4.36 Å². The van der Waals surface area contributed by atoms with E-state index in [-0.39, 0.29) is 0 Å². The minimum Gasteiger partial charge on any atom is -0.375 e. The van der Waals surface area contributed by atoms with Crippen molar-refractivity contribution in [1.29, 1.82) is 0 Å². The lowest BCUT2D eigenvalue weighted by Crippen LogP contribution is -2.00. The average molecular weight is 233 g/mol. The minimum atomic E-state index is -2.42. The number of amides is 1. The first-order valence-electron chi connectivity index (χ1n) is 3.74. The molecule has 1 amide bonds. The summed E-state index contributed by atoms with van der Waals surface area (Å²) in [7, 11) is -2.42. The number of carbonyl (C=O) groups excluding carboxylic acids is 1. The molecule has 1 aromatic heterocycles. The number of hydrogen-bond acceptors (Lipinski definition) is 5. The Morgan fingerprint density at radius 2 is 2.14 bits per heavy atom. The fourth-order valence-corrected chi connectivity index (χ4v) is 2.12. The van der Waals surface area contributed by atoms with Gasteiger partial charge in [-0.3, -0.25) is 4.79 Å². The van der Waals surface area contributed by atoms with Crippen LogP contribution in [0.25, 0.3) is 0 Å². The number of carbonyl (C=O) groups is 1. The van der Waals surface area contributed by atoms with Crippen LogP contribution in [0, 0.1) is 6.92 Å². The van der Waals surface area contributed by atoms with Gasteiger partial charge in [0.1, 0.15) is 4.88 Å². The Morgan fingerprint density at radius 3 is 2.50 bits per heavy atom. The second-order valence-corrected chi connectivity index (χ2v) is 6.62. The molecule has 0 radical (unpaired) electrons. The minimum absolute atomic E-state index is 0.319. The summed E-state index contributed by atoms with van der Waals surface area (Å²) in [6.07, 6.45) is 2.81. The first kappa shape index (κ1) is 11.1. The number of aryl methyl sites for hydroxylation is 1. The highest BCUT2D eigenvalue weighted by molar-refractivity contribution is 7.92. The van der Waals surface area contributed by atoms with Crippen LogP contribution in [0.2, 0.25) is 0 Å². The number of thiazole rings is 1. The van der Waals surface area contributed by atoms with Gasteiger partial charge in [-0.25, -0.2) is 9.19 Å². The molecule has 2 N–H and O–H groups in total. The molecule has 0 unspecified atom stereocenters. The molecule has 0 atom stereocenters. The Kier molecular flexibility index (Phi) is 2.91. The predicted molar refractivity (Wildman–Crippen MR) is 58.0 cm³/mol. The zero-order valence-electron chi connectivity index (χ0n) is 8.10. The summed E-state index contributed by atoms with van der Waals surface area (Å²) in [4.78, 5) is 15.7. The third-order valence-electron chi connectivity index (χ3n) is 1.31. The zero-order valence-corrected chi connectivity index (χ0v) is 9.74. The molecule has 0 fully saturated rings. The number of hydrogen-bond donors (Lipinski definition) is 1. The maximum atomic E-state index is 11.5. The average Bonchev–Trinajstić information content (AvgIpc) is 2.26. The van der Waals surface area contributed by atoms with Gasteiger partial charge >= 0.3 is 0 Å². The largest absolute Gasteiger partial charge is 0.375 e. The van der Waals surface area contributed by atoms with E-state index in [1.807, 2.05) is 0 Å². The van der Waals surface area contributed by atoms with Crippen LogP contribution in [0.3, 0.4) is 0 Å². The second-order valence-electron chi connectivity index (χ2n) is 3.04. The maximum Gasteiger partial charge on any atom is 0.297 e. The number of nitrogen functional groups attached to an aromatic ring is 1. The van der Waals surface area contributed by atoms with Crippen LogP contribution in [0.1, 0.15) is 15.4 Å². The van der Waals surface area contributed by atoms with E-state index in [0.29, 0.717) is 15.7 Å². The van der Waals surface area contributed by atoms with Gasteiger partial charge in [-0.05, 0) is 6.92 Å². The monoisotopic (exact) mass is 233 g/mol. The van der Waals surface area contributed by atoms with E-state index in [4.69, 9.17) is 5.73 Å². The van der Waals surface area contributed by atoms with Crippen molar-refractivity contribution in [3.8, 4) is 0 Å². The summed E-state index contributed by atoms with van der Waals surface area (Å²) in [5, 5.41) is 0.319. The van der Waals surface area contributed by atoms with Crippen molar-refractivity contribution >= 4 is 32.1 Å². The summed E-state index contributed by atoms with van der Waals surface area (Å²) in [5.74, 6) is -0.508. The van der Waals surface area contributed by atoms with Crippen molar-refractivity contribution in [2.75, 3.05) is 18.2 Å². The van der Waals surface area contributed by atoms with E-state index in [0.717, 1.165) is 11.3 Å². The zero-order chi connectivity index (χ0) is 10.9. The molecular formula is C7H11N3O2S2. The molecular weight excluding hydrogens is 222 g/mol. The molecule has 1 aromatic rings. The van der Waals surface area contributed by atoms with Crippen LogP contribution >= 0.6 is 11.3 Å². The Bertz CT molecular complexity index is 475. The first-order chi connectivity index (χ1) is 6.29. The molecule has 0 aliphatic heterocycles. The van der Waals surface area contributed by atoms with Crippen LogP contribution in [0.4, 0.5) is 5.13 Å². The van der Waals surface area contributed by atoms with E-state index >= 15 is 0 Å². The van der Waals surface area contributed by atoms with Crippen LogP contribution in [0.15, 0.2) is 4.36 Å². The Labute approximate surface area is 86.5 Å². The molecule has 0 spiro atoms. The molecule has 7 heteroatoms. The van der Waals surface area contributed by atoms with Crippen LogP contribution < -0.4 is 5.73 Å². The van der Waals surface area contributed by atoms with Crippen molar-refractivity contribution in [3.63, 3.8) is 0 Å². The fourth-order valence-electron chi connectivity index (χ4n) is 0.857. The van der Waals surface area contributed by atoms with Crippen LogP contribution in [-0.2, 0) is 9.73 Å². The standard InChI is InChI=1S/C7H11N3O2S2/c1-4-5(13-7(8)9-4)6(11)10-14(2,3)12/h1-3H3,(H2,8,9). The number of nitrogens with zero attached hydrogens (tertiary/aromatic N) is 2. The molecule has 0 saturated carbocycles. The quantitative estimate of drug-likeness (QED) is 0.781. The van der Waals surface area contributed by atoms with Crippen LogP contribution in [0.5, 0.6) is 0 Å². The number of rotatable bonds is 1. The molecule has 0 bridgehead atoms. The lowest BCUT2D eigenvalue weighted by Gasteiger charge is -1.93. The van der Waals surface area contributed by atoms with E-state index in [1.165, 1.54) is 12.5 Å². The second kappa shape index (κ2) is 3.66. The maximum absolute atomic E-state index is 11.5. The first-order valence-corrected chi connectivity index (χ1v) is 6.89. The van der Waals surface area contributed by atoms with Crippen molar-refractivity contribution in [2.24, 2.45) is 4.36 Å². The van der Waals surface area contributed by atoms with Crippen molar-refractivity contribution in [2.45, 2.75) is 6.92 Å². The molecule has 1 heterocycles. The third kappa shape index (κ3) is 2.78. The molecule has 5 nitrogen and oxygen atoms in total. The van der Waals surface area contributed by atoms with E-state index in [9.17, 15) is 9.00 Å². The van der Waals surface area contributed by atoms with Gasteiger partial charge in [0, 0.05) is 22.2 Å². The number of aromatic nitrogens is 1. The molecule has 0 aromatic carbocycles. The Balaban J connectivity index is 3.15. The fraction of sp³-hybridized carbons (Fsp3) is 0.429. The van der Waals surface area contributed by atoms with E-state index < -0.39 is 15.6 Å². The number of anilines is 1. The highest BCUT2D eigenvalue weighted by Crippen LogP contribution is 2.20. The summed E-state index contributed by atoms with van der Waals surface area (Å²) < 4.78 is 14.8.